The van der Waals surface area contributed by atoms with Crippen molar-refractivity contribution < 1.29 is 9.90 Å². The molecule has 14 heavy (non-hydrogen) atoms. The fraction of sp³-hybridized carbons (Fsp3) is 0.111. The molecule has 1 N–H and O–H groups in total. The van der Waals surface area contributed by atoms with Crippen LogP contribution in [0, 0.1) is 0 Å². The van der Waals surface area contributed by atoms with Gasteiger partial charge in [0, 0.05) is 4.47 Å². The molecule has 5 heteroatoms. The number of carbonyl (C=O) groups is 1. The second kappa shape index (κ2) is 3.67. The van der Waals surface area contributed by atoms with E-state index in [-0.39, 0.29) is 6.42 Å². The summed E-state index contributed by atoms with van der Waals surface area (Å²) in [5.41, 5.74) is 0.848. The van der Waals surface area contributed by atoms with Gasteiger partial charge in [-0.1, -0.05) is 15.9 Å². The minimum absolute atomic E-state index is 0.00301. The number of benzene rings is 1. The second-order valence-corrected chi connectivity index (χ2v) is 4.82. The number of halogens is 1. The fourth-order valence-electron chi connectivity index (χ4n) is 1.15. The lowest BCUT2D eigenvalue weighted by molar-refractivity contribution is -0.136. The number of fused-ring (bicyclic) bond motifs is 1. The fourth-order valence-corrected chi connectivity index (χ4v) is 2.44. The standard InChI is InChI=1S/C9H6BrNO2S/c10-5-1-2-7-6(3-5)11-8(14-7)4-9(12)13/h1-3H,4H2,(H,12,13). The SMILES string of the molecule is O=C(O)Cc1nc2cc(Br)ccc2s1. The minimum atomic E-state index is -0.844. The molecule has 2 aromatic rings. The summed E-state index contributed by atoms with van der Waals surface area (Å²) in [7, 11) is 0. The number of nitrogens with zero attached hydrogens (tertiary/aromatic N) is 1. The van der Waals surface area contributed by atoms with E-state index in [9.17, 15) is 4.79 Å². The summed E-state index contributed by atoms with van der Waals surface area (Å²) in [6.07, 6.45) is -0.00301. The van der Waals surface area contributed by atoms with E-state index >= 15 is 0 Å². The Bertz CT molecular complexity index is 495. The zero-order valence-corrected chi connectivity index (χ0v) is 9.43. The molecule has 0 unspecified atom stereocenters. The number of carboxylic acid groups (broad SMARTS) is 1. The van der Waals surface area contributed by atoms with E-state index in [1.807, 2.05) is 18.2 Å². The number of hydrogen-bond acceptors (Lipinski definition) is 3. The maximum atomic E-state index is 10.5. The highest BCUT2D eigenvalue weighted by molar-refractivity contribution is 9.10. The molecule has 1 heterocycles. The van der Waals surface area contributed by atoms with Crippen LogP contribution < -0.4 is 0 Å². The molecular formula is C9H6BrNO2S. The first-order chi connectivity index (χ1) is 6.65. The summed E-state index contributed by atoms with van der Waals surface area (Å²) >= 11 is 4.76. The summed E-state index contributed by atoms with van der Waals surface area (Å²) in [4.78, 5) is 14.7. The number of rotatable bonds is 2. The van der Waals surface area contributed by atoms with E-state index in [0.717, 1.165) is 14.7 Å². The third-order valence-electron chi connectivity index (χ3n) is 1.70. The van der Waals surface area contributed by atoms with Gasteiger partial charge in [0.1, 0.15) is 5.01 Å². The van der Waals surface area contributed by atoms with Crippen LogP contribution in [0.3, 0.4) is 0 Å². The predicted octanol–water partition coefficient (Wildman–Crippen LogP) is 2.69. The highest BCUT2D eigenvalue weighted by Gasteiger charge is 2.07. The number of hydrogen-bond donors (Lipinski definition) is 1. The van der Waals surface area contributed by atoms with Gasteiger partial charge < -0.3 is 5.11 Å². The van der Waals surface area contributed by atoms with Gasteiger partial charge in [0.05, 0.1) is 16.6 Å². The maximum Gasteiger partial charge on any atom is 0.310 e. The molecule has 0 bridgehead atoms. The molecule has 0 aliphatic heterocycles. The first kappa shape index (κ1) is 9.61. The summed E-state index contributed by atoms with van der Waals surface area (Å²) in [5.74, 6) is -0.844. The molecule has 72 valence electrons. The van der Waals surface area contributed by atoms with Crippen LogP contribution in [-0.2, 0) is 11.2 Å². The molecule has 0 saturated heterocycles. The Labute approximate surface area is 92.5 Å². The zero-order chi connectivity index (χ0) is 10.1. The third-order valence-corrected chi connectivity index (χ3v) is 3.23. The quantitative estimate of drug-likeness (QED) is 0.914. The molecule has 1 aromatic heterocycles. The van der Waals surface area contributed by atoms with Gasteiger partial charge in [0.2, 0.25) is 0 Å². The average molecular weight is 272 g/mol. The van der Waals surface area contributed by atoms with Crippen molar-refractivity contribution in [3.63, 3.8) is 0 Å². The number of aromatic nitrogens is 1. The maximum absolute atomic E-state index is 10.5. The molecule has 1 aromatic carbocycles. The van der Waals surface area contributed by atoms with Gasteiger partial charge in [0.15, 0.2) is 0 Å². The highest BCUT2D eigenvalue weighted by Crippen LogP contribution is 2.25. The van der Waals surface area contributed by atoms with Crippen molar-refractivity contribution in [1.82, 2.24) is 4.98 Å². The molecule has 0 atom stereocenters. The van der Waals surface area contributed by atoms with E-state index in [2.05, 4.69) is 20.9 Å². The van der Waals surface area contributed by atoms with Gasteiger partial charge >= 0.3 is 5.97 Å². The molecule has 0 spiro atoms. The highest BCUT2D eigenvalue weighted by atomic mass is 79.9. The van der Waals surface area contributed by atoms with Crippen molar-refractivity contribution >= 4 is 43.5 Å². The first-order valence-corrected chi connectivity index (χ1v) is 5.53. The lowest BCUT2D eigenvalue weighted by Gasteiger charge is -1.87. The van der Waals surface area contributed by atoms with Crippen LogP contribution >= 0.6 is 27.3 Å². The minimum Gasteiger partial charge on any atom is -0.481 e. The van der Waals surface area contributed by atoms with E-state index in [1.54, 1.807) is 0 Å². The number of thiazole rings is 1. The van der Waals surface area contributed by atoms with Crippen LogP contribution in [-0.4, -0.2) is 16.1 Å². The van der Waals surface area contributed by atoms with Crippen molar-refractivity contribution in [2.45, 2.75) is 6.42 Å². The normalized spacial score (nSPS) is 10.6. The topological polar surface area (TPSA) is 50.2 Å². The summed E-state index contributed by atoms with van der Waals surface area (Å²) in [6.45, 7) is 0. The van der Waals surface area contributed by atoms with Gasteiger partial charge in [-0.3, -0.25) is 4.79 Å². The van der Waals surface area contributed by atoms with Gasteiger partial charge in [-0.05, 0) is 18.2 Å². The number of carboxylic acids is 1. The predicted molar refractivity (Wildman–Crippen MR) is 58.7 cm³/mol. The zero-order valence-electron chi connectivity index (χ0n) is 7.03. The Morgan fingerprint density at radius 1 is 1.57 bits per heavy atom. The van der Waals surface area contributed by atoms with E-state index in [4.69, 9.17) is 5.11 Å². The van der Waals surface area contributed by atoms with Crippen molar-refractivity contribution in [1.29, 1.82) is 0 Å². The molecule has 3 nitrogen and oxygen atoms in total. The van der Waals surface area contributed by atoms with E-state index in [1.165, 1.54) is 11.3 Å². The lowest BCUT2D eigenvalue weighted by Crippen LogP contribution is -1.98. The van der Waals surface area contributed by atoms with Crippen LogP contribution in [0.4, 0.5) is 0 Å². The van der Waals surface area contributed by atoms with Gasteiger partial charge in [-0.15, -0.1) is 11.3 Å². The molecule has 2 rings (SSSR count). The second-order valence-electron chi connectivity index (χ2n) is 2.79. The van der Waals surface area contributed by atoms with E-state index in [0.29, 0.717) is 5.01 Å². The molecule has 0 aliphatic carbocycles. The largest absolute Gasteiger partial charge is 0.481 e. The van der Waals surface area contributed by atoms with Crippen LogP contribution in [0.1, 0.15) is 5.01 Å². The Balaban J connectivity index is 2.46. The summed E-state index contributed by atoms with van der Waals surface area (Å²) in [5, 5.41) is 9.25. The number of aliphatic carboxylic acids is 1. The van der Waals surface area contributed by atoms with Crippen LogP contribution in [0.25, 0.3) is 10.2 Å². The van der Waals surface area contributed by atoms with Gasteiger partial charge in [0.25, 0.3) is 0 Å². The lowest BCUT2D eigenvalue weighted by atomic mass is 10.3. The molecule has 0 fully saturated rings. The molecule has 0 saturated carbocycles. The Kier molecular flexibility index (Phi) is 2.52. The van der Waals surface area contributed by atoms with Crippen molar-refractivity contribution in [2.75, 3.05) is 0 Å². The third kappa shape index (κ3) is 1.93. The van der Waals surface area contributed by atoms with Crippen molar-refractivity contribution in [3.8, 4) is 0 Å². The molecule has 0 amide bonds. The smallest absolute Gasteiger partial charge is 0.310 e. The summed E-state index contributed by atoms with van der Waals surface area (Å²) in [6, 6.07) is 5.74. The van der Waals surface area contributed by atoms with Gasteiger partial charge in [-0.2, -0.15) is 0 Å². The van der Waals surface area contributed by atoms with Crippen LogP contribution in [0.15, 0.2) is 22.7 Å². The Morgan fingerprint density at radius 2 is 2.36 bits per heavy atom. The summed E-state index contributed by atoms with van der Waals surface area (Å²) < 4.78 is 1.97. The van der Waals surface area contributed by atoms with E-state index < -0.39 is 5.97 Å². The Hall–Kier alpha value is -0.940. The first-order valence-electron chi connectivity index (χ1n) is 3.92. The molecule has 0 radical (unpaired) electrons. The van der Waals surface area contributed by atoms with Crippen molar-refractivity contribution in [3.05, 3.63) is 27.7 Å². The monoisotopic (exact) mass is 271 g/mol. The average Bonchev–Trinajstić information content (AvgIpc) is 2.44. The molecule has 0 aliphatic rings. The van der Waals surface area contributed by atoms with Crippen LogP contribution in [0.2, 0.25) is 0 Å². The van der Waals surface area contributed by atoms with Gasteiger partial charge in [-0.25, -0.2) is 4.98 Å². The van der Waals surface area contributed by atoms with Crippen LogP contribution in [0.5, 0.6) is 0 Å². The molecular weight excluding hydrogens is 266 g/mol. The van der Waals surface area contributed by atoms with Crippen molar-refractivity contribution in [2.24, 2.45) is 0 Å². The Morgan fingerprint density at radius 3 is 3.07 bits per heavy atom.